The summed E-state index contributed by atoms with van der Waals surface area (Å²) < 4.78 is 0. The van der Waals surface area contributed by atoms with Gasteiger partial charge in [0.2, 0.25) is 0 Å². The van der Waals surface area contributed by atoms with E-state index in [4.69, 9.17) is 5.26 Å². The fourth-order valence-corrected chi connectivity index (χ4v) is 1.13. The van der Waals surface area contributed by atoms with Gasteiger partial charge in [0.1, 0.15) is 23.9 Å². The number of rotatable bonds is 1. The molecule has 0 amide bonds. The second-order valence-corrected chi connectivity index (χ2v) is 2.71. The van der Waals surface area contributed by atoms with Crippen molar-refractivity contribution in [3.05, 3.63) is 18.1 Å². The highest BCUT2D eigenvalue weighted by molar-refractivity contribution is 5.43. The largest absolute Gasteiger partial charge is 0.356 e. The van der Waals surface area contributed by atoms with Crippen LogP contribution >= 0.6 is 0 Å². The van der Waals surface area contributed by atoms with Crippen LogP contribution in [0.5, 0.6) is 0 Å². The molecule has 4 nitrogen and oxygen atoms in total. The Morgan fingerprint density at radius 1 is 1.42 bits per heavy atom. The highest BCUT2D eigenvalue weighted by atomic mass is 15.2. The van der Waals surface area contributed by atoms with Gasteiger partial charge in [-0.15, -0.1) is 0 Å². The van der Waals surface area contributed by atoms with Gasteiger partial charge < -0.3 is 4.90 Å². The lowest BCUT2D eigenvalue weighted by molar-refractivity contribution is 0.608. The van der Waals surface area contributed by atoms with Crippen molar-refractivity contribution in [2.45, 2.75) is 6.42 Å². The highest BCUT2D eigenvalue weighted by Gasteiger charge is 2.15. The maximum Gasteiger partial charge on any atom is 0.145 e. The van der Waals surface area contributed by atoms with Gasteiger partial charge in [0.15, 0.2) is 0 Å². The van der Waals surface area contributed by atoms with Crippen LogP contribution in [0.25, 0.3) is 0 Å². The minimum atomic E-state index is 0.437. The van der Waals surface area contributed by atoms with E-state index in [1.165, 1.54) is 12.7 Å². The van der Waals surface area contributed by atoms with Gasteiger partial charge in [0.25, 0.3) is 0 Å². The lowest BCUT2D eigenvalue weighted by Gasteiger charge is -2.31. The molecule has 1 saturated heterocycles. The van der Waals surface area contributed by atoms with E-state index < -0.39 is 0 Å². The van der Waals surface area contributed by atoms with Crippen LogP contribution in [-0.4, -0.2) is 23.1 Å². The zero-order valence-electron chi connectivity index (χ0n) is 6.56. The molecule has 60 valence electrons. The van der Waals surface area contributed by atoms with Crippen LogP contribution in [0.1, 0.15) is 12.1 Å². The molecule has 12 heavy (non-hydrogen) atoms. The highest BCUT2D eigenvalue weighted by Crippen LogP contribution is 2.16. The smallest absolute Gasteiger partial charge is 0.145 e. The lowest BCUT2D eigenvalue weighted by Crippen LogP contribution is -2.37. The van der Waals surface area contributed by atoms with Gasteiger partial charge in [-0.05, 0) is 6.42 Å². The van der Waals surface area contributed by atoms with E-state index in [9.17, 15) is 0 Å². The van der Waals surface area contributed by atoms with E-state index in [1.54, 1.807) is 6.07 Å². The van der Waals surface area contributed by atoms with Crippen molar-refractivity contribution in [3.63, 3.8) is 0 Å². The minimum absolute atomic E-state index is 0.437. The van der Waals surface area contributed by atoms with E-state index in [1.807, 2.05) is 6.07 Å². The predicted molar refractivity (Wildman–Crippen MR) is 43.6 cm³/mol. The number of anilines is 1. The Hall–Kier alpha value is -1.63. The van der Waals surface area contributed by atoms with E-state index >= 15 is 0 Å². The molecule has 0 bridgehead atoms. The number of aromatic nitrogens is 2. The Morgan fingerprint density at radius 3 is 2.83 bits per heavy atom. The topological polar surface area (TPSA) is 52.8 Å². The van der Waals surface area contributed by atoms with E-state index in [2.05, 4.69) is 14.9 Å². The fourth-order valence-electron chi connectivity index (χ4n) is 1.13. The Labute approximate surface area is 70.5 Å². The van der Waals surface area contributed by atoms with Crippen LogP contribution in [0.3, 0.4) is 0 Å². The van der Waals surface area contributed by atoms with Crippen molar-refractivity contribution >= 4 is 5.82 Å². The Kier molecular flexibility index (Phi) is 1.63. The number of nitriles is 1. The van der Waals surface area contributed by atoms with Crippen molar-refractivity contribution in [3.8, 4) is 6.07 Å². The summed E-state index contributed by atoms with van der Waals surface area (Å²) in [7, 11) is 0. The summed E-state index contributed by atoms with van der Waals surface area (Å²) in [4.78, 5) is 10.0. The molecule has 2 heterocycles. The van der Waals surface area contributed by atoms with Gasteiger partial charge >= 0.3 is 0 Å². The zero-order valence-corrected chi connectivity index (χ0v) is 6.56. The monoisotopic (exact) mass is 160 g/mol. The summed E-state index contributed by atoms with van der Waals surface area (Å²) in [5.74, 6) is 0.868. The van der Waals surface area contributed by atoms with Crippen molar-refractivity contribution in [2.75, 3.05) is 18.0 Å². The Balaban J connectivity index is 2.27. The number of hydrogen-bond acceptors (Lipinski definition) is 4. The maximum absolute atomic E-state index is 8.58. The molecule has 1 fully saturated rings. The van der Waals surface area contributed by atoms with Gasteiger partial charge in [-0.3, -0.25) is 0 Å². The molecule has 4 heteroatoms. The van der Waals surface area contributed by atoms with Gasteiger partial charge in [0.05, 0.1) is 0 Å². The second-order valence-electron chi connectivity index (χ2n) is 2.71. The van der Waals surface area contributed by atoms with Crippen molar-refractivity contribution in [2.24, 2.45) is 0 Å². The van der Waals surface area contributed by atoms with E-state index in [0.717, 1.165) is 18.9 Å². The van der Waals surface area contributed by atoms with Crippen LogP contribution in [0, 0.1) is 11.3 Å². The average molecular weight is 160 g/mol. The molecule has 0 saturated carbocycles. The summed E-state index contributed by atoms with van der Waals surface area (Å²) in [6.07, 6.45) is 2.65. The first-order valence-electron chi connectivity index (χ1n) is 3.87. The lowest BCUT2D eigenvalue weighted by atomic mass is 10.2. The molecule has 1 aromatic rings. The molecule has 0 spiro atoms. The van der Waals surface area contributed by atoms with Crippen LogP contribution in [0.2, 0.25) is 0 Å². The first-order valence-corrected chi connectivity index (χ1v) is 3.87. The molecule has 1 aromatic heterocycles. The Morgan fingerprint density at radius 2 is 2.25 bits per heavy atom. The van der Waals surface area contributed by atoms with E-state index in [-0.39, 0.29) is 0 Å². The van der Waals surface area contributed by atoms with Crippen molar-refractivity contribution < 1.29 is 0 Å². The van der Waals surface area contributed by atoms with Crippen LogP contribution in [0.4, 0.5) is 5.82 Å². The fraction of sp³-hybridized carbons (Fsp3) is 0.375. The first-order chi connectivity index (χ1) is 5.90. The molecule has 0 unspecified atom stereocenters. The van der Waals surface area contributed by atoms with Gasteiger partial charge in [0, 0.05) is 19.2 Å². The molecule has 0 aliphatic carbocycles. The molecule has 0 N–H and O–H groups in total. The average Bonchev–Trinajstić information content (AvgIpc) is 2.02. The minimum Gasteiger partial charge on any atom is -0.356 e. The van der Waals surface area contributed by atoms with Gasteiger partial charge in [-0.25, -0.2) is 9.97 Å². The van der Waals surface area contributed by atoms with E-state index in [0.29, 0.717) is 5.69 Å². The first kappa shape index (κ1) is 7.04. The summed E-state index contributed by atoms with van der Waals surface area (Å²) in [5.41, 5.74) is 0.437. The molecule has 0 atom stereocenters. The summed E-state index contributed by atoms with van der Waals surface area (Å²) in [6.45, 7) is 2.09. The molecular weight excluding hydrogens is 152 g/mol. The van der Waals surface area contributed by atoms with Crippen LogP contribution in [-0.2, 0) is 0 Å². The third-order valence-corrected chi connectivity index (χ3v) is 1.95. The zero-order chi connectivity index (χ0) is 8.39. The normalized spacial score (nSPS) is 15.1. The molecule has 2 rings (SSSR count). The Bertz CT molecular complexity index is 324. The van der Waals surface area contributed by atoms with Crippen molar-refractivity contribution in [1.29, 1.82) is 5.26 Å². The second kappa shape index (κ2) is 2.78. The van der Waals surface area contributed by atoms with Crippen LogP contribution < -0.4 is 4.90 Å². The molecule has 1 aliphatic rings. The molecule has 0 radical (unpaired) electrons. The standard InChI is InChI=1S/C8H8N4/c9-5-7-4-8(11-6-10-7)12-2-1-3-12/h4,6H,1-3H2. The summed E-state index contributed by atoms with van der Waals surface area (Å²) >= 11 is 0. The SMILES string of the molecule is N#Cc1cc(N2CCC2)ncn1. The van der Waals surface area contributed by atoms with Gasteiger partial charge in [-0.2, -0.15) is 5.26 Å². The predicted octanol–water partition coefficient (Wildman–Crippen LogP) is 0.558. The summed E-state index contributed by atoms with van der Waals surface area (Å²) in [5, 5.41) is 8.58. The molecular formula is C8H8N4. The molecule has 1 aliphatic heterocycles. The molecule has 0 aromatic carbocycles. The third-order valence-electron chi connectivity index (χ3n) is 1.95. The third kappa shape index (κ3) is 1.10. The number of hydrogen-bond donors (Lipinski definition) is 0. The van der Waals surface area contributed by atoms with Gasteiger partial charge in [-0.1, -0.05) is 0 Å². The summed E-state index contributed by atoms with van der Waals surface area (Å²) in [6, 6.07) is 3.71. The number of nitrogens with zero attached hydrogens (tertiary/aromatic N) is 4. The quantitative estimate of drug-likeness (QED) is 0.602. The van der Waals surface area contributed by atoms with Crippen LogP contribution in [0.15, 0.2) is 12.4 Å². The van der Waals surface area contributed by atoms with Crippen molar-refractivity contribution in [1.82, 2.24) is 9.97 Å². The maximum atomic E-state index is 8.58.